The predicted octanol–water partition coefficient (Wildman–Crippen LogP) is 1.58. The molecule has 0 aliphatic heterocycles. The van der Waals surface area contributed by atoms with E-state index in [1.807, 2.05) is 13.0 Å². The Bertz CT molecular complexity index is 303. The van der Waals surface area contributed by atoms with Gasteiger partial charge in [-0.1, -0.05) is 0 Å². The molecule has 0 bridgehead atoms. The number of aryl methyl sites for hydroxylation is 1. The third-order valence-electron chi connectivity index (χ3n) is 2.12. The first kappa shape index (κ1) is 11.8. The highest BCUT2D eigenvalue weighted by molar-refractivity contribution is 5.55. The average molecular weight is 210 g/mol. The fourth-order valence-electron chi connectivity index (χ4n) is 1.31. The van der Waals surface area contributed by atoms with Crippen molar-refractivity contribution in [3.05, 3.63) is 18.0 Å². The number of pyridine rings is 1. The van der Waals surface area contributed by atoms with E-state index in [2.05, 4.69) is 10.3 Å². The van der Waals surface area contributed by atoms with Gasteiger partial charge in [0.2, 0.25) is 0 Å². The molecule has 15 heavy (non-hydrogen) atoms. The summed E-state index contributed by atoms with van der Waals surface area (Å²) < 4.78 is 5.18. The van der Waals surface area contributed by atoms with Gasteiger partial charge in [-0.05, 0) is 25.8 Å². The molecule has 0 aliphatic carbocycles. The van der Waals surface area contributed by atoms with Gasteiger partial charge in [0.05, 0.1) is 19.0 Å². The van der Waals surface area contributed by atoms with E-state index in [-0.39, 0.29) is 6.61 Å². The van der Waals surface area contributed by atoms with Crippen LogP contribution in [0, 0.1) is 6.92 Å². The summed E-state index contributed by atoms with van der Waals surface area (Å²) >= 11 is 0. The van der Waals surface area contributed by atoms with Gasteiger partial charge >= 0.3 is 0 Å². The number of ether oxygens (including phenoxy) is 1. The van der Waals surface area contributed by atoms with Gasteiger partial charge in [-0.2, -0.15) is 0 Å². The number of aliphatic hydroxyl groups excluding tert-OH is 1. The van der Waals surface area contributed by atoms with Crippen molar-refractivity contribution in [1.82, 2.24) is 4.98 Å². The minimum absolute atomic E-state index is 0.244. The van der Waals surface area contributed by atoms with Gasteiger partial charge in [0, 0.05) is 18.8 Å². The Labute approximate surface area is 90.3 Å². The Morgan fingerprint density at radius 1 is 1.47 bits per heavy atom. The number of rotatable bonds is 6. The predicted molar refractivity (Wildman–Crippen MR) is 60.3 cm³/mol. The smallest absolute Gasteiger partial charge is 0.160 e. The van der Waals surface area contributed by atoms with Gasteiger partial charge in [0.25, 0.3) is 0 Å². The van der Waals surface area contributed by atoms with Gasteiger partial charge in [-0.15, -0.1) is 0 Å². The number of anilines is 1. The first-order chi connectivity index (χ1) is 7.27. The maximum atomic E-state index is 8.65. The van der Waals surface area contributed by atoms with Gasteiger partial charge in [0.1, 0.15) is 0 Å². The molecule has 4 nitrogen and oxygen atoms in total. The van der Waals surface area contributed by atoms with Crippen LogP contribution in [0.1, 0.15) is 18.5 Å². The summed E-state index contributed by atoms with van der Waals surface area (Å²) in [7, 11) is 1.63. The Hall–Kier alpha value is -1.29. The lowest BCUT2D eigenvalue weighted by Gasteiger charge is -2.10. The molecule has 0 saturated carbocycles. The number of methoxy groups -OCH3 is 1. The Balaban J connectivity index is 2.54. The molecule has 0 atom stereocenters. The van der Waals surface area contributed by atoms with E-state index in [1.165, 1.54) is 0 Å². The molecule has 0 fully saturated rings. The molecule has 0 spiro atoms. The second-order valence-electron chi connectivity index (χ2n) is 3.38. The molecule has 0 amide bonds. The zero-order valence-electron chi connectivity index (χ0n) is 9.29. The highest BCUT2D eigenvalue weighted by Crippen LogP contribution is 2.23. The van der Waals surface area contributed by atoms with Crippen LogP contribution >= 0.6 is 0 Å². The molecule has 0 radical (unpaired) electrons. The monoisotopic (exact) mass is 210 g/mol. The van der Waals surface area contributed by atoms with Crippen molar-refractivity contribution in [3.8, 4) is 5.75 Å². The largest absolute Gasteiger partial charge is 0.493 e. The lowest BCUT2D eigenvalue weighted by atomic mass is 10.3. The normalized spacial score (nSPS) is 10.1. The molecule has 2 N–H and O–H groups in total. The van der Waals surface area contributed by atoms with Crippen LogP contribution in [-0.2, 0) is 0 Å². The molecular formula is C11H18N2O2. The number of hydrogen-bond acceptors (Lipinski definition) is 4. The van der Waals surface area contributed by atoms with Crippen molar-refractivity contribution >= 4 is 5.69 Å². The Kier molecular flexibility index (Phi) is 4.90. The molecular weight excluding hydrogens is 192 g/mol. The summed E-state index contributed by atoms with van der Waals surface area (Å²) in [4.78, 5) is 4.15. The molecule has 0 aliphatic rings. The van der Waals surface area contributed by atoms with Crippen LogP contribution < -0.4 is 10.1 Å². The van der Waals surface area contributed by atoms with Crippen LogP contribution in [-0.4, -0.2) is 30.4 Å². The van der Waals surface area contributed by atoms with E-state index < -0.39 is 0 Å². The highest BCUT2D eigenvalue weighted by Gasteiger charge is 2.02. The summed E-state index contributed by atoms with van der Waals surface area (Å²) in [5.74, 6) is 0.754. The van der Waals surface area contributed by atoms with E-state index in [4.69, 9.17) is 9.84 Å². The second kappa shape index (κ2) is 6.24. The number of aromatic nitrogens is 1. The minimum Gasteiger partial charge on any atom is -0.493 e. The first-order valence-electron chi connectivity index (χ1n) is 5.13. The summed E-state index contributed by atoms with van der Waals surface area (Å²) in [5.41, 5.74) is 1.92. The van der Waals surface area contributed by atoms with E-state index in [0.717, 1.165) is 36.5 Å². The van der Waals surface area contributed by atoms with Crippen molar-refractivity contribution in [2.45, 2.75) is 19.8 Å². The van der Waals surface area contributed by atoms with Crippen LogP contribution in [0.2, 0.25) is 0 Å². The topological polar surface area (TPSA) is 54.4 Å². The number of hydrogen-bond donors (Lipinski definition) is 2. The van der Waals surface area contributed by atoms with E-state index in [9.17, 15) is 0 Å². The summed E-state index contributed by atoms with van der Waals surface area (Å²) in [5, 5.41) is 11.9. The van der Waals surface area contributed by atoms with Crippen molar-refractivity contribution in [3.63, 3.8) is 0 Å². The van der Waals surface area contributed by atoms with Gasteiger partial charge in [0.15, 0.2) is 5.75 Å². The first-order valence-corrected chi connectivity index (χ1v) is 5.13. The van der Waals surface area contributed by atoms with Crippen LogP contribution in [0.5, 0.6) is 5.75 Å². The average Bonchev–Trinajstić information content (AvgIpc) is 2.25. The Morgan fingerprint density at radius 2 is 2.27 bits per heavy atom. The highest BCUT2D eigenvalue weighted by atomic mass is 16.5. The quantitative estimate of drug-likeness (QED) is 0.700. The summed E-state index contributed by atoms with van der Waals surface area (Å²) in [6, 6.07) is 1.96. The van der Waals surface area contributed by atoms with Crippen molar-refractivity contribution < 1.29 is 9.84 Å². The van der Waals surface area contributed by atoms with Crippen molar-refractivity contribution in [2.75, 3.05) is 25.6 Å². The third-order valence-corrected chi connectivity index (χ3v) is 2.12. The molecule has 4 heteroatoms. The van der Waals surface area contributed by atoms with Crippen LogP contribution in [0.4, 0.5) is 5.69 Å². The summed E-state index contributed by atoms with van der Waals surface area (Å²) in [6.45, 7) is 3.02. The third kappa shape index (κ3) is 3.75. The zero-order valence-corrected chi connectivity index (χ0v) is 9.29. The van der Waals surface area contributed by atoms with Gasteiger partial charge in [-0.3, -0.25) is 4.98 Å². The fraction of sp³-hybridized carbons (Fsp3) is 0.545. The second-order valence-corrected chi connectivity index (χ2v) is 3.38. The number of aliphatic hydroxyl groups is 1. The molecule has 1 aromatic rings. The minimum atomic E-state index is 0.244. The molecule has 0 saturated heterocycles. The number of nitrogens with zero attached hydrogens (tertiary/aromatic N) is 1. The molecule has 84 valence electrons. The van der Waals surface area contributed by atoms with E-state index >= 15 is 0 Å². The standard InChI is InChI=1S/C11H18N2O2/c1-9-7-10(11(15-2)8-13-9)12-5-3-4-6-14/h7-8,14H,3-6H2,1-2H3,(H,12,13). The van der Waals surface area contributed by atoms with Crippen LogP contribution in [0.3, 0.4) is 0 Å². The van der Waals surface area contributed by atoms with Gasteiger partial charge in [-0.25, -0.2) is 0 Å². The summed E-state index contributed by atoms with van der Waals surface area (Å²) in [6.07, 6.45) is 3.48. The number of unbranched alkanes of at least 4 members (excludes halogenated alkanes) is 1. The fourth-order valence-corrected chi connectivity index (χ4v) is 1.31. The zero-order chi connectivity index (χ0) is 11.1. The SMILES string of the molecule is COc1cnc(C)cc1NCCCCO. The van der Waals surface area contributed by atoms with E-state index in [1.54, 1.807) is 13.3 Å². The molecule has 1 heterocycles. The van der Waals surface area contributed by atoms with Crippen molar-refractivity contribution in [2.24, 2.45) is 0 Å². The maximum Gasteiger partial charge on any atom is 0.160 e. The lowest BCUT2D eigenvalue weighted by Crippen LogP contribution is -2.04. The molecule has 1 aromatic heterocycles. The molecule has 0 unspecified atom stereocenters. The number of nitrogens with one attached hydrogen (secondary N) is 1. The Morgan fingerprint density at radius 3 is 2.93 bits per heavy atom. The van der Waals surface area contributed by atoms with Crippen molar-refractivity contribution in [1.29, 1.82) is 0 Å². The molecule has 0 aromatic carbocycles. The van der Waals surface area contributed by atoms with Crippen LogP contribution in [0.25, 0.3) is 0 Å². The van der Waals surface area contributed by atoms with Gasteiger partial charge < -0.3 is 15.2 Å². The van der Waals surface area contributed by atoms with Crippen LogP contribution in [0.15, 0.2) is 12.3 Å². The van der Waals surface area contributed by atoms with E-state index in [0.29, 0.717) is 0 Å². The maximum absolute atomic E-state index is 8.65. The molecule has 1 rings (SSSR count). The lowest BCUT2D eigenvalue weighted by molar-refractivity contribution is 0.286.